The molecule has 0 bridgehead atoms. The highest BCUT2D eigenvalue weighted by Crippen LogP contribution is 2.49. The van der Waals surface area contributed by atoms with Crippen molar-refractivity contribution in [2.24, 2.45) is 5.92 Å². The van der Waals surface area contributed by atoms with E-state index < -0.39 is 6.10 Å². The number of thiophene rings is 2. The predicted molar refractivity (Wildman–Crippen MR) is 82.0 cm³/mol. The van der Waals surface area contributed by atoms with Crippen LogP contribution in [0.3, 0.4) is 0 Å². The van der Waals surface area contributed by atoms with Crippen molar-refractivity contribution in [1.29, 1.82) is 0 Å². The monoisotopic (exact) mass is 296 g/mol. The Kier molecular flexibility index (Phi) is 3.06. The van der Waals surface area contributed by atoms with Gasteiger partial charge in [-0.05, 0) is 51.6 Å². The third kappa shape index (κ3) is 2.35. The minimum Gasteiger partial charge on any atom is -0.387 e. The van der Waals surface area contributed by atoms with E-state index in [2.05, 4.69) is 45.2 Å². The Bertz CT molecular complexity index is 566. The highest BCUT2D eigenvalue weighted by atomic mass is 32.1. The van der Waals surface area contributed by atoms with Gasteiger partial charge >= 0.3 is 0 Å². The molecule has 0 amide bonds. The summed E-state index contributed by atoms with van der Waals surface area (Å²) in [4.78, 5) is 1.07. The molecule has 0 aromatic carbocycles. The molecule has 104 valence electrons. The molecule has 1 N–H and O–H groups in total. The highest BCUT2D eigenvalue weighted by molar-refractivity contribution is 7.26. The zero-order chi connectivity index (χ0) is 13.8. The van der Waals surface area contributed by atoms with E-state index in [-0.39, 0.29) is 17.1 Å². The molecule has 1 aliphatic heterocycles. The first-order chi connectivity index (χ1) is 8.78. The lowest BCUT2D eigenvalue weighted by Gasteiger charge is -2.29. The minimum atomic E-state index is -0.429. The van der Waals surface area contributed by atoms with Crippen LogP contribution in [0.25, 0.3) is 9.40 Å². The Labute approximate surface area is 122 Å². The molecule has 0 aliphatic carbocycles. The molecule has 2 unspecified atom stereocenters. The third-order valence-corrected chi connectivity index (χ3v) is 6.14. The molecule has 3 rings (SSSR count). The Morgan fingerprint density at radius 3 is 2.63 bits per heavy atom. The third-order valence-electron chi connectivity index (χ3n) is 3.97. The number of rotatable bonds is 2. The molecular formula is C15H20O2S2. The Morgan fingerprint density at radius 2 is 2.05 bits per heavy atom. The van der Waals surface area contributed by atoms with Crippen LogP contribution in [-0.4, -0.2) is 16.3 Å². The molecule has 2 aromatic heterocycles. The summed E-state index contributed by atoms with van der Waals surface area (Å²) >= 11 is 3.44. The van der Waals surface area contributed by atoms with Crippen molar-refractivity contribution in [1.82, 2.24) is 0 Å². The van der Waals surface area contributed by atoms with Crippen LogP contribution < -0.4 is 0 Å². The maximum absolute atomic E-state index is 10.7. The maximum Gasteiger partial charge on any atom is 0.0939 e. The van der Waals surface area contributed by atoms with Gasteiger partial charge in [0.25, 0.3) is 0 Å². The van der Waals surface area contributed by atoms with Gasteiger partial charge in [-0.2, -0.15) is 0 Å². The van der Waals surface area contributed by atoms with Gasteiger partial charge in [-0.3, -0.25) is 0 Å². The summed E-state index contributed by atoms with van der Waals surface area (Å²) in [5, 5.41) is 12.8. The molecule has 0 spiro atoms. The van der Waals surface area contributed by atoms with E-state index in [0.717, 1.165) is 11.3 Å². The number of ether oxygens (including phenoxy) is 1. The average Bonchev–Trinajstić information content (AvgIpc) is 2.87. The minimum absolute atomic E-state index is 0.148. The zero-order valence-electron chi connectivity index (χ0n) is 11.8. The van der Waals surface area contributed by atoms with E-state index in [0.29, 0.717) is 0 Å². The van der Waals surface area contributed by atoms with E-state index in [9.17, 15) is 5.11 Å². The normalized spacial score (nSPS) is 26.9. The van der Waals surface area contributed by atoms with Gasteiger partial charge in [0.05, 0.1) is 17.3 Å². The molecule has 1 saturated heterocycles. The van der Waals surface area contributed by atoms with Gasteiger partial charge in [0.15, 0.2) is 0 Å². The van der Waals surface area contributed by atoms with E-state index in [1.165, 1.54) is 9.40 Å². The van der Waals surface area contributed by atoms with Gasteiger partial charge in [-0.1, -0.05) is 0 Å². The summed E-state index contributed by atoms with van der Waals surface area (Å²) < 4.78 is 8.64. The van der Waals surface area contributed by atoms with Gasteiger partial charge in [-0.25, -0.2) is 0 Å². The lowest BCUT2D eigenvalue weighted by Crippen LogP contribution is -2.32. The Morgan fingerprint density at radius 1 is 1.32 bits per heavy atom. The summed E-state index contributed by atoms with van der Waals surface area (Å²) in [6, 6.07) is 4.26. The van der Waals surface area contributed by atoms with Gasteiger partial charge in [0, 0.05) is 20.2 Å². The number of hydrogen-bond acceptors (Lipinski definition) is 4. The van der Waals surface area contributed by atoms with Crippen LogP contribution in [0.15, 0.2) is 17.5 Å². The van der Waals surface area contributed by atoms with E-state index >= 15 is 0 Å². The summed E-state index contributed by atoms with van der Waals surface area (Å²) in [6.45, 7) is 8.39. The second kappa shape index (κ2) is 4.29. The first-order valence-electron chi connectivity index (χ1n) is 6.64. The molecule has 1 aliphatic rings. The van der Waals surface area contributed by atoms with Crippen LogP contribution in [0, 0.1) is 5.92 Å². The Balaban J connectivity index is 1.91. The maximum atomic E-state index is 10.7. The molecule has 4 heteroatoms. The number of hydrogen-bond donors (Lipinski definition) is 1. The van der Waals surface area contributed by atoms with Gasteiger partial charge in [0.1, 0.15) is 0 Å². The first kappa shape index (κ1) is 13.6. The fraction of sp³-hybridized carbons (Fsp3) is 0.600. The van der Waals surface area contributed by atoms with E-state index in [1.54, 1.807) is 22.7 Å². The van der Waals surface area contributed by atoms with Crippen LogP contribution in [0.1, 0.15) is 45.1 Å². The largest absolute Gasteiger partial charge is 0.387 e. The molecule has 0 saturated carbocycles. The second-order valence-electron chi connectivity index (χ2n) is 6.52. The highest BCUT2D eigenvalue weighted by Gasteiger charge is 2.49. The smallest absolute Gasteiger partial charge is 0.0939 e. The lowest BCUT2D eigenvalue weighted by atomic mass is 9.82. The van der Waals surface area contributed by atoms with Crippen molar-refractivity contribution in [3.05, 3.63) is 22.4 Å². The van der Waals surface area contributed by atoms with Crippen LogP contribution in [0.2, 0.25) is 0 Å². The summed E-state index contributed by atoms with van der Waals surface area (Å²) in [6.07, 6.45) is 0.466. The molecule has 3 heterocycles. The number of aliphatic hydroxyl groups excluding tert-OH is 1. The van der Waals surface area contributed by atoms with Crippen molar-refractivity contribution in [3.8, 4) is 0 Å². The van der Waals surface area contributed by atoms with Crippen molar-refractivity contribution in [3.63, 3.8) is 0 Å². The lowest BCUT2D eigenvalue weighted by molar-refractivity contribution is -0.0876. The second-order valence-corrected chi connectivity index (χ2v) is 8.58. The first-order valence-corrected chi connectivity index (χ1v) is 8.33. The van der Waals surface area contributed by atoms with Crippen molar-refractivity contribution >= 4 is 32.1 Å². The molecule has 1 fully saturated rings. The van der Waals surface area contributed by atoms with Crippen LogP contribution >= 0.6 is 22.7 Å². The van der Waals surface area contributed by atoms with Crippen molar-refractivity contribution in [2.45, 2.75) is 51.4 Å². The van der Waals surface area contributed by atoms with Crippen LogP contribution in [0.4, 0.5) is 0 Å². The summed E-state index contributed by atoms with van der Waals surface area (Å²) in [5.74, 6) is 0.148. The average molecular weight is 296 g/mol. The van der Waals surface area contributed by atoms with Crippen molar-refractivity contribution in [2.75, 3.05) is 0 Å². The number of aliphatic hydroxyl groups is 1. The van der Waals surface area contributed by atoms with E-state index in [1.807, 2.05) is 0 Å². The number of fused-ring (bicyclic) bond motifs is 1. The van der Waals surface area contributed by atoms with Crippen LogP contribution in [0.5, 0.6) is 0 Å². The molecule has 19 heavy (non-hydrogen) atoms. The predicted octanol–water partition coefficient (Wildman–Crippen LogP) is 4.59. The van der Waals surface area contributed by atoms with Crippen molar-refractivity contribution < 1.29 is 9.84 Å². The Hall–Kier alpha value is -0.420. The molecule has 0 radical (unpaired) electrons. The molecule has 2 aromatic rings. The SMILES string of the molecule is CC1(C)CC(C(O)c2cc3sccc3s2)C(C)(C)O1. The summed E-state index contributed by atoms with van der Waals surface area (Å²) in [5.41, 5.74) is -0.426. The van der Waals surface area contributed by atoms with Gasteiger partial charge < -0.3 is 9.84 Å². The fourth-order valence-electron chi connectivity index (χ4n) is 3.23. The topological polar surface area (TPSA) is 29.5 Å². The molecule has 2 atom stereocenters. The summed E-state index contributed by atoms with van der Waals surface area (Å²) in [7, 11) is 0. The van der Waals surface area contributed by atoms with Gasteiger partial charge in [-0.15, -0.1) is 22.7 Å². The van der Waals surface area contributed by atoms with Crippen LogP contribution in [-0.2, 0) is 4.74 Å². The molecular weight excluding hydrogens is 276 g/mol. The standard InChI is InChI=1S/C15H20O2S2/c1-14(2)8-9(15(3,4)17-14)13(16)12-7-11-10(19-12)5-6-18-11/h5-7,9,13,16H,8H2,1-4H3. The molecule has 2 nitrogen and oxygen atoms in total. The quantitative estimate of drug-likeness (QED) is 0.878. The van der Waals surface area contributed by atoms with E-state index in [4.69, 9.17) is 4.74 Å². The zero-order valence-corrected chi connectivity index (χ0v) is 13.4. The van der Waals surface area contributed by atoms with Gasteiger partial charge in [0.2, 0.25) is 0 Å². The fourth-order valence-corrected chi connectivity index (χ4v) is 5.40.